The zero-order valence-corrected chi connectivity index (χ0v) is 16.6. The van der Waals surface area contributed by atoms with Crippen molar-refractivity contribution in [3.63, 3.8) is 0 Å². The van der Waals surface area contributed by atoms with Crippen LogP contribution in [0.4, 0.5) is 0 Å². The number of nitrogens with zero attached hydrogens (tertiary/aromatic N) is 3. The minimum Gasteiger partial charge on any atom is -0.462 e. The predicted molar refractivity (Wildman–Crippen MR) is 105 cm³/mol. The van der Waals surface area contributed by atoms with Gasteiger partial charge in [0, 0.05) is 17.0 Å². The minimum absolute atomic E-state index is 0.0663. The van der Waals surface area contributed by atoms with Gasteiger partial charge in [0.15, 0.2) is 5.82 Å². The molecule has 0 radical (unpaired) electrons. The predicted octanol–water partition coefficient (Wildman–Crippen LogP) is 5.63. The molecule has 1 heterocycles. The van der Waals surface area contributed by atoms with Gasteiger partial charge >= 0.3 is 6.01 Å². The normalized spacial score (nSPS) is 11.1. The second-order valence-corrected chi connectivity index (χ2v) is 7.34. The van der Waals surface area contributed by atoms with Gasteiger partial charge < -0.3 is 4.74 Å². The Morgan fingerprint density at radius 3 is 2.69 bits per heavy atom. The van der Waals surface area contributed by atoms with Crippen LogP contribution in [0.25, 0.3) is 11.4 Å². The largest absolute Gasteiger partial charge is 0.462 e. The number of rotatable bonds is 10. The van der Waals surface area contributed by atoms with Crippen molar-refractivity contribution < 1.29 is 9.53 Å². The molecule has 0 bridgehead atoms. The molecule has 0 aliphatic rings. The Labute approximate surface area is 160 Å². The van der Waals surface area contributed by atoms with E-state index in [1.54, 1.807) is 12.1 Å². The van der Waals surface area contributed by atoms with Crippen molar-refractivity contribution in [3.8, 4) is 17.4 Å². The van der Waals surface area contributed by atoms with E-state index in [1.807, 2.05) is 12.1 Å². The molecular weight excluding hydrogens is 350 g/mol. The van der Waals surface area contributed by atoms with Gasteiger partial charge in [-0.1, -0.05) is 70.2 Å². The molecule has 2 aromatic rings. The van der Waals surface area contributed by atoms with E-state index in [4.69, 9.17) is 16.3 Å². The average molecular weight is 378 g/mol. The summed E-state index contributed by atoms with van der Waals surface area (Å²) >= 11 is 6.09. The molecule has 0 atom stereocenters. The summed E-state index contributed by atoms with van der Waals surface area (Å²) in [5.74, 6) is 0.763. The van der Waals surface area contributed by atoms with E-state index in [1.165, 1.54) is 17.5 Å². The van der Waals surface area contributed by atoms with Crippen molar-refractivity contribution in [1.82, 2.24) is 14.8 Å². The number of hydrogen-bond donors (Lipinski definition) is 0. The highest BCUT2D eigenvalue weighted by Gasteiger charge is 2.19. The first-order valence-electron chi connectivity index (χ1n) is 9.40. The van der Waals surface area contributed by atoms with Crippen LogP contribution in [0.15, 0.2) is 24.3 Å². The number of benzene rings is 1. The SMILES string of the molecule is CCCCCCCC(=O)n1nc(OCC(C)C)nc1-c1cccc(Cl)c1. The van der Waals surface area contributed by atoms with E-state index in [-0.39, 0.29) is 11.9 Å². The van der Waals surface area contributed by atoms with E-state index >= 15 is 0 Å². The lowest BCUT2D eigenvalue weighted by Gasteiger charge is -2.05. The van der Waals surface area contributed by atoms with Crippen molar-refractivity contribution >= 4 is 17.5 Å². The average Bonchev–Trinajstić information content (AvgIpc) is 3.04. The summed E-state index contributed by atoms with van der Waals surface area (Å²) in [6, 6.07) is 7.50. The Morgan fingerprint density at radius 2 is 2.00 bits per heavy atom. The van der Waals surface area contributed by atoms with Crippen LogP contribution >= 0.6 is 11.6 Å². The molecule has 5 nitrogen and oxygen atoms in total. The topological polar surface area (TPSA) is 57.0 Å². The fourth-order valence-corrected chi connectivity index (χ4v) is 2.76. The molecule has 0 unspecified atom stereocenters. The first-order valence-corrected chi connectivity index (χ1v) is 9.78. The van der Waals surface area contributed by atoms with Crippen molar-refractivity contribution in [2.24, 2.45) is 5.92 Å². The van der Waals surface area contributed by atoms with Gasteiger partial charge in [0.2, 0.25) is 5.91 Å². The van der Waals surface area contributed by atoms with Gasteiger partial charge in [-0.05, 0) is 24.5 Å². The second kappa shape index (κ2) is 10.3. The zero-order valence-electron chi connectivity index (χ0n) is 15.9. The Morgan fingerprint density at radius 1 is 1.23 bits per heavy atom. The molecule has 0 saturated heterocycles. The molecule has 0 N–H and O–H groups in total. The fraction of sp³-hybridized carbons (Fsp3) is 0.550. The van der Waals surface area contributed by atoms with Gasteiger partial charge in [0.1, 0.15) is 0 Å². The lowest BCUT2D eigenvalue weighted by molar-refractivity contribution is 0.0882. The standard InChI is InChI=1S/C20H28ClN3O2/c1-4-5-6-7-8-12-18(25)24-19(16-10-9-11-17(21)13-16)22-20(23-24)26-14-15(2)3/h9-11,13,15H,4-8,12,14H2,1-3H3. The van der Waals surface area contributed by atoms with Crippen molar-refractivity contribution in [1.29, 1.82) is 0 Å². The molecule has 1 aromatic heterocycles. The quantitative estimate of drug-likeness (QED) is 0.503. The second-order valence-electron chi connectivity index (χ2n) is 6.90. The van der Waals surface area contributed by atoms with E-state index in [0.717, 1.165) is 24.8 Å². The summed E-state index contributed by atoms with van der Waals surface area (Å²) in [4.78, 5) is 17.1. The van der Waals surface area contributed by atoms with Crippen LogP contribution in [-0.2, 0) is 0 Å². The molecule has 0 saturated carbocycles. The maximum absolute atomic E-state index is 12.7. The summed E-state index contributed by atoms with van der Waals surface area (Å²) in [5.41, 5.74) is 0.753. The molecule has 142 valence electrons. The number of halogens is 1. The minimum atomic E-state index is -0.0663. The van der Waals surface area contributed by atoms with E-state index < -0.39 is 0 Å². The Hall–Kier alpha value is -1.88. The molecule has 0 fully saturated rings. The highest BCUT2D eigenvalue weighted by Crippen LogP contribution is 2.24. The van der Waals surface area contributed by atoms with E-state index in [0.29, 0.717) is 29.8 Å². The summed E-state index contributed by atoms with van der Waals surface area (Å²) in [6.45, 7) is 6.79. The molecular formula is C20H28ClN3O2. The van der Waals surface area contributed by atoms with Gasteiger partial charge in [0.05, 0.1) is 6.61 Å². The smallest absolute Gasteiger partial charge is 0.336 e. The first kappa shape index (κ1) is 20.4. The van der Waals surface area contributed by atoms with Gasteiger partial charge in [-0.2, -0.15) is 9.67 Å². The van der Waals surface area contributed by atoms with Crippen molar-refractivity contribution in [2.45, 2.75) is 59.3 Å². The maximum atomic E-state index is 12.7. The number of unbranched alkanes of at least 4 members (excludes halogenated alkanes) is 4. The van der Waals surface area contributed by atoms with E-state index in [2.05, 4.69) is 30.9 Å². The third kappa shape index (κ3) is 6.13. The summed E-state index contributed by atoms with van der Waals surface area (Å²) in [6.07, 6.45) is 5.91. The molecule has 0 amide bonds. The molecule has 0 aliphatic heterocycles. The van der Waals surface area contributed by atoms with Crippen LogP contribution in [0.3, 0.4) is 0 Å². The number of ether oxygens (including phenoxy) is 1. The summed E-state index contributed by atoms with van der Waals surface area (Å²) in [5, 5.41) is 4.89. The van der Waals surface area contributed by atoms with Crippen LogP contribution in [0.1, 0.15) is 64.1 Å². The Balaban J connectivity index is 2.17. The van der Waals surface area contributed by atoms with Gasteiger partial charge in [-0.15, -0.1) is 5.10 Å². The maximum Gasteiger partial charge on any atom is 0.336 e. The highest BCUT2D eigenvalue weighted by atomic mass is 35.5. The number of aromatic nitrogens is 3. The number of carbonyl (C=O) groups excluding carboxylic acids is 1. The van der Waals surface area contributed by atoms with Crippen LogP contribution < -0.4 is 4.74 Å². The van der Waals surface area contributed by atoms with Crippen molar-refractivity contribution in [3.05, 3.63) is 29.3 Å². The molecule has 6 heteroatoms. The third-order valence-corrected chi connectivity index (χ3v) is 4.18. The zero-order chi connectivity index (χ0) is 18.9. The summed E-state index contributed by atoms with van der Waals surface area (Å²) in [7, 11) is 0. The monoisotopic (exact) mass is 377 g/mol. The fourth-order valence-electron chi connectivity index (χ4n) is 2.57. The van der Waals surface area contributed by atoms with Crippen LogP contribution in [0.2, 0.25) is 5.02 Å². The third-order valence-electron chi connectivity index (χ3n) is 3.95. The Kier molecular flexibility index (Phi) is 8.10. The number of hydrogen-bond acceptors (Lipinski definition) is 4. The van der Waals surface area contributed by atoms with Crippen LogP contribution in [0, 0.1) is 5.92 Å². The van der Waals surface area contributed by atoms with Gasteiger partial charge in [-0.25, -0.2) is 0 Å². The van der Waals surface area contributed by atoms with E-state index in [9.17, 15) is 4.79 Å². The lowest BCUT2D eigenvalue weighted by Crippen LogP contribution is -2.14. The highest BCUT2D eigenvalue weighted by molar-refractivity contribution is 6.30. The van der Waals surface area contributed by atoms with Crippen molar-refractivity contribution in [2.75, 3.05) is 6.61 Å². The molecule has 1 aromatic carbocycles. The Bertz CT molecular complexity index is 713. The number of carbonyl (C=O) groups is 1. The first-order chi connectivity index (χ1) is 12.5. The molecule has 2 rings (SSSR count). The molecule has 0 aliphatic carbocycles. The molecule has 0 spiro atoms. The lowest BCUT2D eigenvalue weighted by atomic mass is 10.1. The van der Waals surface area contributed by atoms with Gasteiger partial charge in [0.25, 0.3) is 0 Å². The van der Waals surface area contributed by atoms with Crippen LogP contribution in [-0.4, -0.2) is 27.3 Å². The summed E-state index contributed by atoms with van der Waals surface area (Å²) < 4.78 is 6.98. The van der Waals surface area contributed by atoms with Gasteiger partial charge in [-0.3, -0.25) is 4.79 Å². The molecule has 26 heavy (non-hydrogen) atoms. The van der Waals surface area contributed by atoms with Crippen LogP contribution in [0.5, 0.6) is 6.01 Å².